The summed E-state index contributed by atoms with van der Waals surface area (Å²) in [5.74, 6) is 0.538. The van der Waals surface area contributed by atoms with Crippen molar-refractivity contribution in [3.8, 4) is 0 Å². The molecular weight excluding hydrogens is 314 g/mol. The third-order valence-corrected chi connectivity index (χ3v) is 5.65. The summed E-state index contributed by atoms with van der Waals surface area (Å²) in [4.78, 5) is 12.3. The van der Waals surface area contributed by atoms with Gasteiger partial charge in [0.1, 0.15) is 0 Å². The van der Waals surface area contributed by atoms with E-state index in [1.54, 1.807) is 0 Å². The minimum Gasteiger partial charge on any atom is -0.353 e. The molecule has 2 fully saturated rings. The molecular formula is C17H22BrNO. The predicted octanol–water partition coefficient (Wildman–Crippen LogP) is 4.18. The van der Waals surface area contributed by atoms with Gasteiger partial charge in [-0.15, -0.1) is 0 Å². The summed E-state index contributed by atoms with van der Waals surface area (Å²) in [6.07, 6.45) is 6.93. The van der Waals surface area contributed by atoms with Gasteiger partial charge in [-0.1, -0.05) is 40.9 Å². The van der Waals surface area contributed by atoms with Gasteiger partial charge in [0.05, 0.1) is 0 Å². The van der Waals surface area contributed by atoms with Crippen molar-refractivity contribution in [3.63, 3.8) is 0 Å². The summed E-state index contributed by atoms with van der Waals surface area (Å²) in [5, 5.41) is 3.29. The van der Waals surface area contributed by atoms with Gasteiger partial charge in [0.25, 0.3) is 0 Å². The fourth-order valence-corrected chi connectivity index (χ4v) is 3.81. The fraction of sp³-hybridized carbons (Fsp3) is 0.588. The second-order valence-electron chi connectivity index (χ2n) is 6.37. The Morgan fingerprint density at radius 2 is 1.85 bits per heavy atom. The molecule has 2 nitrogen and oxygen atoms in total. The second kappa shape index (κ2) is 5.51. The molecule has 0 radical (unpaired) electrons. The summed E-state index contributed by atoms with van der Waals surface area (Å²) in [5.41, 5.74) is 1.54. The fourth-order valence-electron chi connectivity index (χ4n) is 3.55. The van der Waals surface area contributed by atoms with Crippen LogP contribution in [0.1, 0.15) is 51.0 Å². The van der Waals surface area contributed by atoms with Crippen LogP contribution < -0.4 is 5.32 Å². The van der Waals surface area contributed by atoms with Gasteiger partial charge in [-0.2, -0.15) is 0 Å². The monoisotopic (exact) mass is 335 g/mol. The molecule has 2 aliphatic rings. The highest BCUT2D eigenvalue weighted by Gasteiger charge is 2.49. The van der Waals surface area contributed by atoms with Crippen molar-refractivity contribution in [2.24, 2.45) is 5.92 Å². The van der Waals surface area contributed by atoms with Crippen LogP contribution in [0.3, 0.4) is 0 Å². The van der Waals surface area contributed by atoms with Gasteiger partial charge in [-0.25, -0.2) is 0 Å². The third-order valence-electron chi connectivity index (χ3n) is 5.12. The Labute approximate surface area is 129 Å². The zero-order chi connectivity index (χ0) is 14.2. The van der Waals surface area contributed by atoms with Crippen LogP contribution in [0, 0.1) is 5.92 Å². The Hall–Kier alpha value is -0.830. The molecule has 108 valence electrons. The number of hydrogen-bond donors (Lipinski definition) is 1. The molecule has 1 unspecified atom stereocenters. The first kappa shape index (κ1) is 14.1. The van der Waals surface area contributed by atoms with Gasteiger partial charge in [0.2, 0.25) is 5.91 Å². The van der Waals surface area contributed by atoms with Gasteiger partial charge in [-0.05, 0) is 50.3 Å². The average Bonchev–Trinajstić information content (AvgIpc) is 3.06. The van der Waals surface area contributed by atoms with Gasteiger partial charge >= 0.3 is 0 Å². The Bertz CT molecular complexity index is 486. The van der Waals surface area contributed by atoms with E-state index in [0.717, 1.165) is 17.3 Å². The molecule has 0 saturated heterocycles. The summed E-state index contributed by atoms with van der Waals surface area (Å²) in [6.45, 7) is 2.17. The summed E-state index contributed by atoms with van der Waals surface area (Å²) < 4.78 is 1.11. The van der Waals surface area contributed by atoms with E-state index in [2.05, 4.69) is 52.4 Å². The quantitative estimate of drug-likeness (QED) is 0.878. The topological polar surface area (TPSA) is 29.1 Å². The first-order chi connectivity index (χ1) is 9.62. The molecule has 1 aromatic rings. The van der Waals surface area contributed by atoms with E-state index in [1.807, 2.05) is 0 Å². The van der Waals surface area contributed by atoms with Crippen molar-refractivity contribution in [1.82, 2.24) is 5.32 Å². The van der Waals surface area contributed by atoms with Crippen LogP contribution in [0.4, 0.5) is 0 Å². The smallest absolute Gasteiger partial charge is 0.223 e. The minimum atomic E-state index is 0.176. The van der Waals surface area contributed by atoms with E-state index < -0.39 is 0 Å². The number of nitrogens with one attached hydrogen (secondary N) is 1. The van der Waals surface area contributed by atoms with E-state index >= 15 is 0 Å². The molecule has 0 heterocycles. The molecule has 1 atom stereocenters. The van der Waals surface area contributed by atoms with Crippen molar-refractivity contribution < 1.29 is 4.79 Å². The van der Waals surface area contributed by atoms with Crippen molar-refractivity contribution in [2.75, 3.05) is 0 Å². The predicted molar refractivity (Wildman–Crippen MR) is 84.6 cm³/mol. The lowest BCUT2D eigenvalue weighted by molar-refractivity contribution is -0.125. The van der Waals surface area contributed by atoms with E-state index in [0.29, 0.717) is 0 Å². The highest BCUT2D eigenvalue weighted by Crippen LogP contribution is 2.51. The Balaban J connectivity index is 1.68. The van der Waals surface area contributed by atoms with Gasteiger partial charge in [-0.3, -0.25) is 4.79 Å². The van der Waals surface area contributed by atoms with Crippen LogP contribution in [0.25, 0.3) is 0 Å². The first-order valence-corrected chi connectivity index (χ1v) is 8.47. The summed E-state index contributed by atoms with van der Waals surface area (Å²) in [7, 11) is 0. The number of halogens is 1. The molecule has 20 heavy (non-hydrogen) atoms. The molecule has 1 N–H and O–H groups in total. The van der Waals surface area contributed by atoms with Crippen molar-refractivity contribution in [3.05, 3.63) is 34.3 Å². The van der Waals surface area contributed by atoms with Crippen LogP contribution >= 0.6 is 15.9 Å². The van der Waals surface area contributed by atoms with Crippen LogP contribution in [0.2, 0.25) is 0 Å². The van der Waals surface area contributed by atoms with Gasteiger partial charge in [0.15, 0.2) is 0 Å². The molecule has 0 spiro atoms. The minimum absolute atomic E-state index is 0.176. The lowest BCUT2D eigenvalue weighted by Gasteiger charge is -2.26. The molecule has 0 aromatic heterocycles. The van der Waals surface area contributed by atoms with Crippen LogP contribution in [-0.4, -0.2) is 11.9 Å². The Morgan fingerprint density at radius 3 is 2.40 bits per heavy atom. The van der Waals surface area contributed by atoms with Gasteiger partial charge in [0, 0.05) is 21.8 Å². The molecule has 1 aromatic carbocycles. The standard InChI is InChI=1S/C17H22BrNO/c1-12(19-16(20)13-4-2-3-5-13)17(10-11-17)14-6-8-15(18)9-7-14/h6-9,12-13H,2-5,10-11H2,1H3,(H,19,20). The maximum atomic E-state index is 12.3. The molecule has 3 heteroatoms. The zero-order valence-corrected chi connectivity index (χ0v) is 13.6. The number of hydrogen-bond acceptors (Lipinski definition) is 1. The normalized spacial score (nSPS) is 22.5. The number of amides is 1. The number of carbonyl (C=O) groups excluding carboxylic acids is 1. The van der Waals surface area contributed by atoms with Crippen molar-refractivity contribution in [2.45, 2.75) is 56.9 Å². The van der Waals surface area contributed by atoms with Crippen molar-refractivity contribution >= 4 is 21.8 Å². The highest BCUT2D eigenvalue weighted by atomic mass is 79.9. The largest absolute Gasteiger partial charge is 0.353 e. The van der Waals surface area contributed by atoms with E-state index in [4.69, 9.17) is 0 Å². The number of carbonyl (C=O) groups is 1. The molecule has 1 amide bonds. The van der Waals surface area contributed by atoms with E-state index in [9.17, 15) is 4.79 Å². The molecule has 0 aliphatic heterocycles. The van der Waals surface area contributed by atoms with Crippen LogP contribution in [0.5, 0.6) is 0 Å². The molecule has 2 saturated carbocycles. The average molecular weight is 336 g/mol. The highest BCUT2D eigenvalue weighted by molar-refractivity contribution is 9.10. The van der Waals surface area contributed by atoms with Crippen LogP contribution in [-0.2, 0) is 10.2 Å². The first-order valence-electron chi connectivity index (χ1n) is 7.68. The third kappa shape index (κ3) is 2.65. The van der Waals surface area contributed by atoms with Crippen LogP contribution in [0.15, 0.2) is 28.7 Å². The molecule has 2 aliphatic carbocycles. The Morgan fingerprint density at radius 1 is 1.25 bits per heavy atom. The zero-order valence-electron chi connectivity index (χ0n) is 12.0. The Kier molecular flexibility index (Phi) is 3.89. The number of rotatable bonds is 4. The maximum Gasteiger partial charge on any atom is 0.223 e. The molecule has 3 rings (SSSR count). The van der Waals surface area contributed by atoms with E-state index in [-0.39, 0.29) is 23.3 Å². The summed E-state index contributed by atoms with van der Waals surface area (Å²) >= 11 is 3.48. The van der Waals surface area contributed by atoms with Gasteiger partial charge < -0.3 is 5.32 Å². The SMILES string of the molecule is CC(NC(=O)C1CCCC1)C1(c2ccc(Br)cc2)CC1. The lowest BCUT2D eigenvalue weighted by atomic mass is 9.88. The summed E-state index contributed by atoms with van der Waals surface area (Å²) in [6, 6.07) is 8.81. The second-order valence-corrected chi connectivity index (χ2v) is 7.29. The lowest BCUT2D eigenvalue weighted by Crippen LogP contribution is -2.43. The molecule has 0 bridgehead atoms. The van der Waals surface area contributed by atoms with Crippen molar-refractivity contribution in [1.29, 1.82) is 0 Å². The van der Waals surface area contributed by atoms with E-state index in [1.165, 1.54) is 31.2 Å². The number of benzene rings is 1. The maximum absolute atomic E-state index is 12.3.